The second-order valence-corrected chi connectivity index (χ2v) is 9.14. The van der Waals surface area contributed by atoms with E-state index in [1.165, 1.54) is 0 Å². The molecule has 1 N–H and O–H groups in total. The molecule has 4 aromatic carbocycles. The normalized spacial score (nSPS) is 10.9. The average Bonchev–Trinajstić information content (AvgIpc) is 3.37. The van der Waals surface area contributed by atoms with Crippen LogP contribution in [0.25, 0.3) is 16.9 Å². The van der Waals surface area contributed by atoms with Crippen LogP contribution in [0.5, 0.6) is 5.75 Å². The number of halogens is 1. The largest absolute Gasteiger partial charge is 0.489 e. The number of aromatic nitrogens is 2. The van der Waals surface area contributed by atoms with E-state index in [4.69, 9.17) is 9.84 Å². The Hall–Kier alpha value is -4.49. The van der Waals surface area contributed by atoms with Gasteiger partial charge in [0.25, 0.3) is 5.91 Å². The lowest BCUT2D eigenvalue weighted by molar-refractivity contribution is 0.0955. The van der Waals surface area contributed by atoms with Gasteiger partial charge < -0.3 is 4.74 Å². The minimum absolute atomic E-state index is 0.297. The minimum atomic E-state index is -0.297. The van der Waals surface area contributed by atoms with Crippen LogP contribution >= 0.6 is 15.9 Å². The molecule has 7 heteroatoms. The Morgan fingerprint density at radius 1 is 0.919 bits per heavy atom. The summed E-state index contributed by atoms with van der Waals surface area (Å²) in [6.45, 7) is 0.498. The third-order valence-electron chi connectivity index (χ3n) is 5.60. The van der Waals surface area contributed by atoms with E-state index in [-0.39, 0.29) is 5.91 Å². The highest BCUT2D eigenvalue weighted by Gasteiger charge is 2.12. The van der Waals surface area contributed by atoms with Crippen LogP contribution in [0.15, 0.2) is 125 Å². The molecule has 0 aliphatic rings. The molecule has 1 amide bonds. The molecule has 0 saturated heterocycles. The topological polar surface area (TPSA) is 68.5 Å². The van der Waals surface area contributed by atoms with E-state index in [0.717, 1.165) is 38.3 Å². The number of ether oxygens (including phenoxy) is 1. The van der Waals surface area contributed by atoms with Crippen LogP contribution in [-0.4, -0.2) is 21.9 Å². The molecule has 0 radical (unpaired) electrons. The molecule has 0 bridgehead atoms. The number of hydrogen-bond acceptors (Lipinski definition) is 4. The molecule has 1 heterocycles. The predicted octanol–water partition coefficient (Wildman–Crippen LogP) is 6.64. The van der Waals surface area contributed by atoms with Crippen molar-refractivity contribution >= 4 is 28.1 Å². The first-order valence-electron chi connectivity index (χ1n) is 11.7. The summed E-state index contributed by atoms with van der Waals surface area (Å²) in [7, 11) is 0. The summed E-state index contributed by atoms with van der Waals surface area (Å²) in [6, 6.07) is 34.8. The number of para-hydroxylation sites is 1. The summed E-state index contributed by atoms with van der Waals surface area (Å²) >= 11 is 3.38. The van der Waals surface area contributed by atoms with E-state index < -0.39 is 0 Å². The maximum atomic E-state index is 12.5. The summed E-state index contributed by atoms with van der Waals surface area (Å²) in [5.41, 5.74) is 7.54. The Kier molecular flexibility index (Phi) is 7.52. The first-order chi connectivity index (χ1) is 18.2. The van der Waals surface area contributed by atoms with E-state index >= 15 is 0 Å². The van der Waals surface area contributed by atoms with Gasteiger partial charge in [-0.1, -0.05) is 70.5 Å². The zero-order valence-electron chi connectivity index (χ0n) is 19.8. The van der Waals surface area contributed by atoms with Gasteiger partial charge >= 0.3 is 0 Å². The molecule has 37 heavy (non-hydrogen) atoms. The summed E-state index contributed by atoms with van der Waals surface area (Å²) in [4.78, 5) is 12.5. The molecule has 182 valence electrons. The molecule has 1 aromatic heterocycles. The van der Waals surface area contributed by atoms with Crippen LogP contribution < -0.4 is 10.2 Å². The molecular formula is C30H23BrN4O2. The van der Waals surface area contributed by atoms with Crippen molar-refractivity contribution in [1.82, 2.24) is 15.2 Å². The van der Waals surface area contributed by atoms with Crippen molar-refractivity contribution in [2.45, 2.75) is 6.61 Å². The van der Waals surface area contributed by atoms with Crippen LogP contribution in [0.3, 0.4) is 0 Å². The number of carbonyl (C=O) groups excluding carboxylic acids is 1. The maximum Gasteiger partial charge on any atom is 0.271 e. The van der Waals surface area contributed by atoms with Crippen LogP contribution in [0, 0.1) is 0 Å². The van der Waals surface area contributed by atoms with E-state index in [1.54, 1.807) is 29.1 Å². The standard InChI is InChI=1S/C30H23BrN4O2/c31-26-11-7-10-24(18-26)30(36)33-32-19-25-20-35(27-12-5-2-6-13-27)34-29(25)23-14-16-28(17-15-23)37-21-22-8-3-1-4-9-22/h1-20H,21H2,(H,33,36). The fourth-order valence-corrected chi connectivity index (χ4v) is 4.12. The van der Waals surface area contributed by atoms with Crippen molar-refractivity contribution in [2.24, 2.45) is 5.10 Å². The minimum Gasteiger partial charge on any atom is -0.489 e. The maximum absolute atomic E-state index is 12.5. The number of rotatable bonds is 8. The van der Waals surface area contributed by atoms with Gasteiger partial charge in [0.05, 0.1) is 11.9 Å². The van der Waals surface area contributed by atoms with Crippen LogP contribution in [0.2, 0.25) is 0 Å². The van der Waals surface area contributed by atoms with Gasteiger partial charge in [0, 0.05) is 27.4 Å². The van der Waals surface area contributed by atoms with E-state index in [2.05, 4.69) is 26.5 Å². The monoisotopic (exact) mass is 550 g/mol. The number of carbonyl (C=O) groups is 1. The van der Waals surface area contributed by atoms with E-state index in [0.29, 0.717) is 12.2 Å². The zero-order valence-corrected chi connectivity index (χ0v) is 21.4. The molecule has 0 aliphatic heterocycles. The molecule has 0 fully saturated rings. The number of nitrogens with zero attached hydrogens (tertiary/aromatic N) is 3. The fraction of sp³-hybridized carbons (Fsp3) is 0.0333. The van der Waals surface area contributed by atoms with Crippen LogP contribution in [-0.2, 0) is 6.61 Å². The van der Waals surface area contributed by atoms with Gasteiger partial charge in [0.1, 0.15) is 18.1 Å². The summed E-state index contributed by atoms with van der Waals surface area (Å²) in [5, 5.41) is 9.01. The van der Waals surface area contributed by atoms with Gasteiger partial charge in [-0.15, -0.1) is 0 Å². The SMILES string of the molecule is O=C(NN=Cc1cn(-c2ccccc2)nc1-c1ccc(OCc2ccccc2)cc1)c1cccc(Br)c1. The zero-order chi connectivity index (χ0) is 25.5. The van der Waals surface area contributed by atoms with Crippen molar-refractivity contribution in [3.05, 3.63) is 137 Å². The molecule has 0 spiro atoms. The van der Waals surface area contributed by atoms with Crippen molar-refractivity contribution in [3.63, 3.8) is 0 Å². The second-order valence-electron chi connectivity index (χ2n) is 8.22. The van der Waals surface area contributed by atoms with Crippen molar-refractivity contribution in [1.29, 1.82) is 0 Å². The number of amides is 1. The molecular weight excluding hydrogens is 528 g/mol. The molecule has 6 nitrogen and oxygen atoms in total. The third-order valence-corrected chi connectivity index (χ3v) is 6.09. The van der Waals surface area contributed by atoms with E-state index in [1.807, 2.05) is 97.2 Å². The van der Waals surface area contributed by atoms with Gasteiger partial charge in [0.15, 0.2) is 0 Å². The van der Waals surface area contributed by atoms with Crippen LogP contribution in [0.4, 0.5) is 0 Å². The molecule has 0 aliphatic carbocycles. The first kappa shape index (κ1) is 24.2. The fourth-order valence-electron chi connectivity index (χ4n) is 3.72. The van der Waals surface area contributed by atoms with Gasteiger partial charge in [-0.2, -0.15) is 10.2 Å². The molecule has 0 unspecified atom stereocenters. The highest BCUT2D eigenvalue weighted by molar-refractivity contribution is 9.10. The Morgan fingerprint density at radius 3 is 2.38 bits per heavy atom. The summed E-state index contributed by atoms with van der Waals surface area (Å²) < 4.78 is 8.55. The number of hydrogen-bond donors (Lipinski definition) is 1. The van der Waals surface area contributed by atoms with Gasteiger partial charge in [-0.25, -0.2) is 10.1 Å². The number of benzene rings is 4. The summed E-state index contributed by atoms with van der Waals surface area (Å²) in [6.07, 6.45) is 3.50. The molecule has 0 saturated carbocycles. The quantitative estimate of drug-likeness (QED) is 0.174. The van der Waals surface area contributed by atoms with E-state index in [9.17, 15) is 4.79 Å². The van der Waals surface area contributed by atoms with Gasteiger partial charge in [-0.05, 0) is 60.2 Å². The Labute approximate surface area is 223 Å². The average molecular weight is 551 g/mol. The first-order valence-corrected chi connectivity index (χ1v) is 12.5. The third kappa shape index (κ3) is 6.20. The smallest absolute Gasteiger partial charge is 0.271 e. The predicted molar refractivity (Wildman–Crippen MR) is 149 cm³/mol. The van der Waals surface area contributed by atoms with Crippen molar-refractivity contribution in [3.8, 4) is 22.7 Å². The lowest BCUT2D eigenvalue weighted by atomic mass is 10.1. The van der Waals surface area contributed by atoms with Crippen LogP contribution in [0.1, 0.15) is 21.5 Å². The number of hydrazone groups is 1. The van der Waals surface area contributed by atoms with Gasteiger partial charge in [0.2, 0.25) is 0 Å². The lowest BCUT2D eigenvalue weighted by Gasteiger charge is -2.07. The highest BCUT2D eigenvalue weighted by Crippen LogP contribution is 2.25. The summed E-state index contributed by atoms with van der Waals surface area (Å²) in [5.74, 6) is 0.473. The Morgan fingerprint density at radius 2 is 1.65 bits per heavy atom. The Bertz CT molecular complexity index is 1510. The van der Waals surface area contributed by atoms with Crippen molar-refractivity contribution < 1.29 is 9.53 Å². The molecule has 0 atom stereocenters. The van der Waals surface area contributed by atoms with Gasteiger partial charge in [-0.3, -0.25) is 4.79 Å². The Balaban J connectivity index is 1.37. The number of nitrogens with one attached hydrogen (secondary N) is 1. The highest BCUT2D eigenvalue weighted by atomic mass is 79.9. The van der Waals surface area contributed by atoms with Crippen molar-refractivity contribution in [2.75, 3.05) is 0 Å². The second kappa shape index (κ2) is 11.5. The molecule has 5 rings (SSSR count). The molecule has 5 aromatic rings. The lowest BCUT2D eigenvalue weighted by Crippen LogP contribution is -2.17.